The summed E-state index contributed by atoms with van der Waals surface area (Å²) in [6.07, 6.45) is 1.86. The van der Waals surface area contributed by atoms with E-state index in [0.717, 1.165) is 17.7 Å². The van der Waals surface area contributed by atoms with Crippen LogP contribution in [0.3, 0.4) is 0 Å². The van der Waals surface area contributed by atoms with Crippen LogP contribution < -0.4 is 0 Å². The number of carbonyl (C=O) groups is 2. The van der Waals surface area contributed by atoms with Gasteiger partial charge >= 0.3 is 0 Å². The lowest BCUT2D eigenvalue weighted by Crippen LogP contribution is -2.38. The average molecular weight is 447 g/mol. The molecule has 0 atom stereocenters. The van der Waals surface area contributed by atoms with E-state index in [4.69, 9.17) is 23.2 Å². The molecule has 0 aliphatic carbocycles. The molecule has 0 bridgehead atoms. The Morgan fingerprint density at radius 3 is 2.40 bits per heavy atom. The standard InChI is InChI=1S/C23H21Cl2FN2O2/c1-14-8-10-27(11-9-14)21-20(17-7-6-16(24)12-18(17)25)22(29)28(23(21)30)13-15-4-2-3-5-19(15)26/h2-7,12,14H,8-11,13H2,1H3. The van der Waals surface area contributed by atoms with Crippen LogP contribution in [0.5, 0.6) is 0 Å². The van der Waals surface area contributed by atoms with E-state index < -0.39 is 17.6 Å². The normalized spacial score (nSPS) is 18.0. The second-order valence-electron chi connectivity index (χ2n) is 7.81. The first kappa shape index (κ1) is 20.9. The molecular weight excluding hydrogens is 426 g/mol. The van der Waals surface area contributed by atoms with Crippen LogP contribution >= 0.6 is 23.2 Å². The maximum atomic E-state index is 14.2. The first-order chi connectivity index (χ1) is 14.4. The van der Waals surface area contributed by atoms with E-state index in [-0.39, 0.29) is 17.7 Å². The molecule has 2 aromatic rings. The predicted molar refractivity (Wildman–Crippen MR) is 115 cm³/mol. The number of rotatable bonds is 4. The van der Waals surface area contributed by atoms with Crippen molar-refractivity contribution in [3.05, 3.63) is 75.2 Å². The van der Waals surface area contributed by atoms with Gasteiger partial charge in [-0.25, -0.2) is 4.39 Å². The molecule has 2 aromatic carbocycles. The smallest absolute Gasteiger partial charge is 0.278 e. The van der Waals surface area contributed by atoms with Crippen LogP contribution in [-0.2, 0) is 16.1 Å². The Labute approximate surface area is 184 Å². The fourth-order valence-corrected chi connectivity index (χ4v) is 4.47. The Morgan fingerprint density at radius 1 is 1.03 bits per heavy atom. The number of halogens is 3. The third kappa shape index (κ3) is 3.84. The van der Waals surface area contributed by atoms with Gasteiger partial charge in [0.1, 0.15) is 11.5 Å². The van der Waals surface area contributed by atoms with E-state index in [9.17, 15) is 14.0 Å². The topological polar surface area (TPSA) is 40.6 Å². The zero-order chi connectivity index (χ0) is 21.4. The highest BCUT2D eigenvalue weighted by Gasteiger charge is 2.42. The molecule has 2 aliphatic heterocycles. The van der Waals surface area contributed by atoms with E-state index in [2.05, 4.69) is 6.92 Å². The number of carbonyl (C=O) groups excluding carboxylic acids is 2. The van der Waals surface area contributed by atoms with Crippen LogP contribution in [0.1, 0.15) is 30.9 Å². The molecule has 0 N–H and O–H groups in total. The lowest BCUT2D eigenvalue weighted by molar-refractivity contribution is -0.138. The molecular formula is C23H21Cl2FN2O2. The monoisotopic (exact) mass is 446 g/mol. The van der Waals surface area contributed by atoms with E-state index in [0.29, 0.717) is 40.3 Å². The van der Waals surface area contributed by atoms with Gasteiger partial charge in [-0.05, 0) is 37.0 Å². The number of imide groups is 1. The summed E-state index contributed by atoms with van der Waals surface area (Å²) in [6.45, 7) is 3.40. The van der Waals surface area contributed by atoms with Crippen molar-refractivity contribution in [2.45, 2.75) is 26.3 Å². The van der Waals surface area contributed by atoms with Crippen molar-refractivity contribution < 1.29 is 14.0 Å². The number of hydrogen-bond donors (Lipinski definition) is 0. The SMILES string of the molecule is CC1CCN(C2=C(c3ccc(Cl)cc3Cl)C(=O)N(Cc3ccccc3F)C2=O)CC1. The highest BCUT2D eigenvalue weighted by Crippen LogP contribution is 2.38. The van der Waals surface area contributed by atoms with E-state index in [1.165, 1.54) is 6.07 Å². The maximum absolute atomic E-state index is 14.2. The zero-order valence-corrected chi connectivity index (χ0v) is 18.0. The quantitative estimate of drug-likeness (QED) is 0.610. The second kappa shape index (κ2) is 8.40. The molecule has 0 spiro atoms. The third-order valence-electron chi connectivity index (χ3n) is 5.73. The molecule has 2 heterocycles. The van der Waals surface area contributed by atoms with Gasteiger partial charge in [0, 0.05) is 29.2 Å². The maximum Gasteiger partial charge on any atom is 0.278 e. The van der Waals surface area contributed by atoms with Crippen LogP contribution in [0.15, 0.2) is 48.2 Å². The van der Waals surface area contributed by atoms with Gasteiger partial charge in [-0.2, -0.15) is 0 Å². The minimum absolute atomic E-state index is 0.132. The Kier molecular flexibility index (Phi) is 5.85. The first-order valence-corrected chi connectivity index (χ1v) is 10.7. The highest BCUT2D eigenvalue weighted by atomic mass is 35.5. The van der Waals surface area contributed by atoms with Gasteiger partial charge in [0.2, 0.25) is 0 Å². The molecule has 0 aromatic heterocycles. The molecule has 4 nitrogen and oxygen atoms in total. The molecule has 1 saturated heterocycles. The number of likely N-dealkylation sites (tertiary alicyclic amines) is 1. The summed E-state index contributed by atoms with van der Waals surface area (Å²) in [4.78, 5) is 29.8. The lowest BCUT2D eigenvalue weighted by atomic mass is 9.97. The summed E-state index contributed by atoms with van der Waals surface area (Å²) in [5.74, 6) is -0.782. The summed E-state index contributed by atoms with van der Waals surface area (Å²) < 4.78 is 14.2. The number of nitrogens with zero attached hydrogens (tertiary/aromatic N) is 2. The lowest BCUT2D eigenvalue weighted by Gasteiger charge is -2.32. The fraction of sp³-hybridized carbons (Fsp3) is 0.304. The first-order valence-electron chi connectivity index (χ1n) is 9.91. The predicted octanol–water partition coefficient (Wildman–Crippen LogP) is 5.14. The molecule has 0 unspecified atom stereocenters. The molecule has 0 saturated carbocycles. The molecule has 1 fully saturated rings. The van der Waals surface area contributed by atoms with E-state index in [1.54, 1.807) is 36.4 Å². The van der Waals surface area contributed by atoms with Gasteiger partial charge in [0.25, 0.3) is 11.8 Å². The molecule has 7 heteroatoms. The molecule has 2 amide bonds. The summed E-state index contributed by atoms with van der Waals surface area (Å²) in [6, 6.07) is 11.0. The molecule has 4 rings (SSSR count). The van der Waals surface area contributed by atoms with Gasteiger partial charge in [-0.1, -0.05) is 54.4 Å². The Hall–Kier alpha value is -2.37. The molecule has 156 valence electrons. The largest absolute Gasteiger partial charge is 0.366 e. The summed E-state index contributed by atoms with van der Waals surface area (Å²) in [7, 11) is 0. The van der Waals surface area contributed by atoms with E-state index in [1.807, 2.05) is 4.90 Å². The second-order valence-corrected chi connectivity index (χ2v) is 8.65. The summed E-state index contributed by atoms with van der Waals surface area (Å²) in [5, 5.41) is 0.743. The summed E-state index contributed by atoms with van der Waals surface area (Å²) >= 11 is 12.4. The van der Waals surface area contributed by atoms with Crippen molar-refractivity contribution in [2.75, 3.05) is 13.1 Å². The number of hydrogen-bond acceptors (Lipinski definition) is 3. The summed E-state index contributed by atoms with van der Waals surface area (Å²) in [5.41, 5.74) is 1.35. The van der Waals surface area contributed by atoms with Gasteiger partial charge in [-0.3, -0.25) is 14.5 Å². The van der Waals surface area contributed by atoms with Crippen molar-refractivity contribution in [1.29, 1.82) is 0 Å². The zero-order valence-electron chi connectivity index (χ0n) is 16.5. The number of benzene rings is 2. The van der Waals surface area contributed by atoms with Gasteiger partial charge in [0.05, 0.1) is 17.1 Å². The van der Waals surface area contributed by atoms with Crippen LogP contribution in [-0.4, -0.2) is 34.7 Å². The minimum Gasteiger partial charge on any atom is -0.366 e. The Morgan fingerprint density at radius 2 is 1.73 bits per heavy atom. The van der Waals surface area contributed by atoms with Gasteiger partial charge in [0.15, 0.2) is 0 Å². The van der Waals surface area contributed by atoms with E-state index >= 15 is 0 Å². The van der Waals surface area contributed by atoms with Gasteiger partial charge < -0.3 is 4.90 Å². The van der Waals surface area contributed by atoms with Crippen molar-refractivity contribution >= 4 is 40.6 Å². The number of amides is 2. The van der Waals surface area contributed by atoms with Crippen LogP contribution in [0, 0.1) is 11.7 Å². The van der Waals surface area contributed by atoms with Crippen LogP contribution in [0.4, 0.5) is 4.39 Å². The molecule has 30 heavy (non-hydrogen) atoms. The van der Waals surface area contributed by atoms with Gasteiger partial charge in [-0.15, -0.1) is 0 Å². The van der Waals surface area contributed by atoms with Crippen molar-refractivity contribution in [3.8, 4) is 0 Å². The Bertz CT molecular complexity index is 1050. The Balaban J connectivity index is 1.77. The molecule has 0 radical (unpaired) electrons. The number of piperidine rings is 1. The molecule has 2 aliphatic rings. The third-order valence-corrected chi connectivity index (χ3v) is 6.28. The highest BCUT2D eigenvalue weighted by molar-refractivity contribution is 6.41. The van der Waals surface area contributed by atoms with Crippen LogP contribution in [0.2, 0.25) is 10.0 Å². The van der Waals surface area contributed by atoms with Crippen molar-refractivity contribution in [1.82, 2.24) is 9.80 Å². The van der Waals surface area contributed by atoms with Crippen LogP contribution in [0.25, 0.3) is 5.57 Å². The fourth-order valence-electron chi connectivity index (χ4n) is 3.96. The minimum atomic E-state index is -0.471. The van der Waals surface area contributed by atoms with Crippen molar-refractivity contribution in [2.24, 2.45) is 5.92 Å². The average Bonchev–Trinajstić information content (AvgIpc) is 2.95. The van der Waals surface area contributed by atoms with Crippen molar-refractivity contribution in [3.63, 3.8) is 0 Å².